The Morgan fingerprint density at radius 2 is 2.28 bits per heavy atom. The Hall–Kier alpha value is -0.940. The highest BCUT2D eigenvalue weighted by molar-refractivity contribution is 7.11. The van der Waals surface area contributed by atoms with E-state index in [0.717, 1.165) is 17.8 Å². The Morgan fingerprint density at radius 3 is 3.00 bits per heavy atom. The summed E-state index contributed by atoms with van der Waals surface area (Å²) < 4.78 is 0. The molecule has 0 aliphatic heterocycles. The van der Waals surface area contributed by atoms with Crippen LogP contribution in [0.3, 0.4) is 0 Å². The van der Waals surface area contributed by atoms with Gasteiger partial charge in [-0.15, -0.1) is 11.3 Å². The van der Waals surface area contributed by atoms with Gasteiger partial charge in [0.05, 0.1) is 10.7 Å². The third-order valence-corrected chi connectivity index (χ3v) is 4.28. The molecule has 1 atom stereocenters. The van der Waals surface area contributed by atoms with Gasteiger partial charge in [0, 0.05) is 30.3 Å². The molecule has 1 aromatic heterocycles. The van der Waals surface area contributed by atoms with Crippen molar-refractivity contribution in [1.29, 1.82) is 0 Å². The Morgan fingerprint density at radius 1 is 1.50 bits per heavy atom. The van der Waals surface area contributed by atoms with Gasteiger partial charge in [0.15, 0.2) is 0 Å². The first-order valence-corrected chi connectivity index (χ1v) is 7.46. The van der Waals surface area contributed by atoms with E-state index < -0.39 is 0 Å². The van der Waals surface area contributed by atoms with Gasteiger partial charge in [-0.1, -0.05) is 0 Å². The van der Waals surface area contributed by atoms with E-state index in [9.17, 15) is 4.79 Å². The van der Waals surface area contributed by atoms with Crippen LogP contribution in [0.5, 0.6) is 0 Å². The minimum Gasteiger partial charge on any atom is -0.356 e. The van der Waals surface area contributed by atoms with Crippen LogP contribution in [0, 0.1) is 0 Å². The highest BCUT2D eigenvalue weighted by atomic mass is 32.1. The number of carbonyl (C=O) groups is 1. The summed E-state index contributed by atoms with van der Waals surface area (Å²) in [5, 5.41) is 4.05. The van der Waals surface area contributed by atoms with Crippen LogP contribution in [0.25, 0.3) is 0 Å². The average molecular weight is 267 g/mol. The van der Waals surface area contributed by atoms with Crippen molar-refractivity contribution in [2.45, 2.75) is 51.5 Å². The summed E-state index contributed by atoms with van der Waals surface area (Å²) >= 11 is 1.81. The number of rotatable bonds is 5. The van der Waals surface area contributed by atoms with Gasteiger partial charge < -0.3 is 11.1 Å². The van der Waals surface area contributed by atoms with Crippen LogP contribution in [-0.2, 0) is 24.1 Å². The number of aromatic nitrogens is 1. The van der Waals surface area contributed by atoms with Crippen molar-refractivity contribution in [3.63, 3.8) is 0 Å². The summed E-state index contributed by atoms with van der Waals surface area (Å²) in [4.78, 5) is 17.5. The minimum absolute atomic E-state index is 0.0336. The Labute approximate surface area is 112 Å². The number of thiazole rings is 1. The zero-order valence-electron chi connectivity index (χ0n) is 10.9. The van der Waals surface area contributed by atoms with Crippen LogP contribution in [0.4, 0.5) is 0 Å². The maximum absolute atomic E-state index is 11.4. The average Bonchev–Trinajstić information content (AvgIpc) is 2.70. The van der Waals surface area contributed by atoms with Crippen LogP contribution in [0.2, 0.25) is 0 Å². The molecule has 100 valence electrons. The first-order valence-electron chi connectivity index (χ1n) is 6.65. The van der Waals surface area contributed by atoms with E-state index in [0.29, 0.717) is 13.0 Å². The molecule has 1 aliphatic carbocycles. The van der Waals surface area contributed by atoms with Crippen molar-refractivity contribution in [1.82, 2.24) is 10.3 Å². The van der Waals surface area contributed by atoms with E-state index in [4.69, 9.17) is 5.73 Å². The second-order valence-corrected chi connectivity index (χ2v) is 6.13. The van der Waals surface area contributed by atoms with Crippen LogP contribution >= 0.6 is 11.3 Å². The molecule has 1 heterocycles. The van der Waals surface area contributed by atoms with Gasteiger partial charge in [0.1, 0.15) is 0 Å². The summed E-state index contributed by atoms with van der Waals surface area (Å²) in [7, 11) is 0. The molecule has 0 bridgehead atoms. The largest absolute Gasteiger partial charge is 0.356 e. The number of hydrogen-bond acceptors (Lipinski definition) is 4. The van der Waals surface area contributed by atoms with Gasteiger partial charge >= 0.3 is 0 Å². The molecule has 1 aliphatic rings. The Bertz CT molecular complexity index is 391. The van der Waals surface area contributed by atoms with E-state index in [2.05, 4.69) is 10.3 Å². The van der Waals surface area contributed by atoms with Crippen molar-refractivity contribution in [3.8, 4) is 0 Å². The normalized spacial score (nSPS) is 16.1. The third kappa shape index (κ3) is 3.78. The van der Waals surface area contributed by atoms with Gasteiger partial charge in [-0.3, -0.25) is 4.79 Å². The van der Waals surface area contributed by atoms with E-state index in [1.165, 1.54) is 29.8 Å². The molecular formula is C13H21N3OS. The molecule has 4 nitrogen and oxygen atoms in total. The second-order valence-electron chi connectivity index (χ2n) is 4.97. The molecule has 3 N–H and O–H groups in total. The predicted octanol–water partition coefficient (Wildman–Crippen LogP) is 1.42. The highest BCUT2D eigenvalue weighted by Crippen LogP contribution is 2.26. The van der Waals surface area contributed by atoms with Gasteiger partial charge in [-0.05, 0) is 32.6 Å². The van der Waals surface area contributed by atoms with Crippen LogP contribution < -0.4 is 11.1 Å². The lowest BCUT2D eigenvalue weighted by molar-refractivity contribution is -0.121. The summed E-state index contributed by atoms with van der Waals surface area (Å²) in [6, 6.07) is -0.0721. The van der Waals surface area contributed by atoms with E-state index in [1.54, 1.807) is 0 Å². The fourth-order valence-corrected chi connectivity index (χ4v) is 3.34. The highest BCUT2D eigenvalue weighted by Gasteiger charge is 2.14. The maximum atomic E-state index is 11.4. The molecule has 0 saturated heterocycles. The monoisotopic (exact) mass is 267 g/mol. The van der Waals surface area contributed by atoms with Crippen molar-refractivity contribution < 1.29 is 4.79 Å². The lowest BCUT2D eigenvalue weighted by Crippen LogP contribution is -2.31. The number of amides is 1. The Kier molecular flexibility index (Phi) is 4.72. The third-order valence-electron chi connectivity index (χ3n) is 3.06. The standard InChI is InChI=1S/C13H21N3OS/c1-9(14)8-12(17)15-7-6-13-16-10-4-2-3-5-11(10)18-13/h9H,2-8,14H2,1H3,(H,15,17). The minimum atomic E-state index is -0.0721. The number of nitrogens with zero attached hydrogens (tertiary/aromatic N) is 1. The number of carbonyl (C=O) groups excluding carboxylic acids is 1. The molecule has 1 aromatic rings. The quantitative estimate of drug-likeness (QED) is 0.847. The molecule has 0 saturated carbocycles. The van der Waals surface area contributed by atoms with Gasteiger partial charge in [0.25, 0.3) is 0 Å². The van der Waals surface area contributed by atoms with Crippen LogP contribution in [0.15, 0.2) is 0 Å². The summed E-state index contributed by atoms with van der Waals surface area (Å²) in [6.07, 6.45) is 6.10. The molecule has 1 unspecified atom stereocenters. The smallest absolute Gasteiger partial charge is 0.221 e. The van der Waals surface area contributed by atoms with Gasteiger partial charge in [0.2, 0.25) is 5.91 Å². The Balaban J connectivity index is 1.76. The van der Waals surface area contributed by atoms with Gasteiger partial charge in [-0.2, -0.15) is 0 Å². The van der Waals surface area contributed by atoms with E-state index in [1.807, 2.05) is 18.3 Å². The molecule has 0 aromatic carbocycles. The fraction of sp³-hybridized carbons (Fsp3) is 0.692. The number of aryl methyl sites for hydroxylation is 2. The molecule has 2 rings (SSSR count). The van der Waals surface area contributed by atoms with Crippen molar-refractivity contribution in [3.05, 3.63) is 15.6 Å². The zero-order chi connectivity index (χ0) is 13.0. The lowest BCUT2D eigenvalue weighted by atomic mass is 10.0. The van der Waals surface area contributed by atoms with Crippen LogP contribution in [0.1, 0.15) is 41.8 Å². The van der Waals surface area contributed by atoms with Gasteiger partial charge in [-0.25, -0.2) is 4.98 Å². The fourth-order valence-electron chi connectivity index (χ4n) is 2.19. The van der Waals surface area contributed by atoms with Crippen molar-refractivity contribution in [2.24, 2.45) is 5.73 Å². The molecule has 0 fully saturated rings. The predicted molar refractivity (Wildman–Crippen MR) is 73.7 cm³/mol. The first kappa shape index (κ1) is 13.5. The molecule has 0 spiro atoms. The first-order chi connectivity index (χ1) is 8.65. The SMILES string of the molecule is CC(N)CC(=O)NCCc1nc2c(s1)CCCC2. The van der Waals surface area contributed by atoms with Crippen molar-refractivity contribution >= 4 is 17.2 Å². The molecule has 18 heavy (non-hydrogen) atoms. The lowest BCUT2D eigenvalue weighted by Gasteiger charge is -2.06. The van der Waals surface area contributed by atoms with Crippen LogP contribution in [-0.4, -0.2) is 23.5 Å². The molecular weight excluding hydrogens is 246 g/mol. The number of nitrogens with one attached hydrogen (secondary N) is 1. The number of hydrogen-bond donors (Lipinski definition) is 2. The summed E-state index contributed by atoms with van der Waals surface area (Å²) in [5.41, 5.74) is 6.87. The number of nitrogens with two attached hydrogens (primary N) is 1. The van der Waals surface area contributed by atoms with Crippen molar-refractivity contribution in [2.75, 3.05) is 6.54 Å². The molecule has 1 amide bonds. The van der Waals surface area contributed by atoms with E-state index >= 15 is 0 Å². The molecule has 0 radical (unpaired) electrons. The number of fused-ring (bicyclic) bond motifs is 1. The zero-order valence-corrected chi connectivity index (χ0v) is 11.7. The second kappa shape index (κ2) is 6.29. The van der Waals surface area contributed by atoms with E-state index in [-0.39, 0.29) is 11.9 Å². The summed E-state index contributed by atoms with van der Waals surface area (Å²) in [6.45, 7) is 2.51. The molecule has 5 heteroatoms. The topological polar surface area (TPSA) is 68.0 Å². The summed E-state index contributed by atoms with van der Waals surface area (Å²) in [5.74, 6) is 0.0336. The maximum Gasteiger partial charge on any atom is 0.221 e.